The normalized spacial score (nSPS) is 10.4. The highest BCUT2D eigenvalue weighted by atomic mass is 35.5. The average molecular weight is 229 g/mol. The minimum absolute atomic E-state index is 0.632. The van der Waals surface area contributed by atoms with Crippen molar-refractivity contribution < 1.29 is 0 Å². The fourth-order valence-electron chi connectivity index (χ4n) is 1.07. The summed E-state index contributed by atoms with van der Waals surface area (Å²) in [6.45, 7) is 0.632. The van der Waals surface area contributed by atoms with Crippen molar-refractivity contribution in [3.8, 4) is 0 Å². The molecule has 0 unspecified atom stereocenters. The highest BCUT2D eigenvalue weighted by molar-refractivity contribution is 7.15. The Hall–Kier alpha value is -1.07. The molecular formula is C8H9ClN4S. The van der Waals surface area contributed by atoms with Crippen molar-refractivity contribution in [2.24, 2.45) is 7.05 Å². The number of anilines is 1. The van der Waals surface area contributed by atoms with Crippen LogP contribution in [0.2, 0.25) is 4.34 Å². The first-order valence-electron chi connectivity index (χ1n) is 4.07. The van der Waals surface area contributed by atoms with E-state index in [2.05, 4.69) is 15.4 Å². The van der Waals surface area contributed by atoms with Gasteiger partial charge in [0.25, 0.3) is 0 Å². The number of hydrogen-bond donors (Lipinski definition) is 1. The second-order valence-corrected chi connectivity index (χ2v) is 4.28. The van der Waals surface area contributed by atoms with Crippen molar-refractivity contribution >= 4 is 28.6 Å². The van der Waals surface area contributed by atoms with Gasteiger partial charge in [0.15, 0.2) is 0 Å². The van der Waals surface area contributed by atoms with Gasteiger partial charge in [0.2, 0.25) is 0 Å². The number of halogens is 1. The lowest BCUT2D eigenvalue weighted by atomic mass is 10.5. The van der Waals surface area contributed by atoms with Crippen LogP contribution in [0, 0.1) is 0 Å². The molecular weight excluding hydrogens is 220 g/mol. The molecule has 0 amide bonds. The summed E-state index contributed by atoms with van der Waals surface area (Å²) in [6.07, 6.45) is 1.53. The van der Waals surface area contributed by atoms with Gasteiger partial charge in [-0.3, -0.25) is 4.68 Å². The second-order valence-electron chi connectivity index (χ2n) is 2.76. The van der Waals surface area contributed by atoms with Gasteiger partial charge in [-0.15, -0.1) is 11.3 Å². The smallest absolute Gasteiger partial charge is 0.145 e. The third kappa shape index (κ3) is 1.88. The Balaban J connectivity index is 2.02. The molecule has 4 nitrogen and oxygen atoms in total. The maximum absolute atomic E-state index is 5.93. The third-order valence-electron chi connectivity index (χ3n) is 1.86. The number of aryl methyl sites for hydroxylation is 1. The number of thiophene rings is 1. The zero-order chi connectivity index (χ0) is 9.97. The third-order valence-corrected chi connectivity index (χ3v) is 3.03. The van der Waals surface area contributed by atoms with Gasteiger partial charge in [-0.25, -0.2) is 4.98 Å². The molecule has 6 heteroatoms. The predicted molar refractivity (Wildman–Crippen MR) is 57.7 cm³/mol. The van der Waals surface area contributed by atoms with E-state index < -0.39 is 0 Å². The van der Waals surface area contributed by atoms with E-state index in [0.717, 1.165) is 15.8 Å². The zero-order valence-electron chi connectivity index (χ0n) is 7.57. The number of aromatic nitrogens is 3. The Morgan fingerprint density at radius 1 is 1.64 bits per heavy atom. The summed E-state index contributed by atoms with van der Waals surface area (Å²) in [6, 6.07) is 1.95. The number of hydrogen-bond acceptors (Lipinski definition) is 4. The standard InChI is InChI=1S/C8H9ClN4S/c1-13-7(11-5-12-13)4-10-6-2-3-14-8(6)9/h2-3,5,10H,4H2,1H3. The molecule has 2 aromatic rings. The van der Waals surface area contributed by atoms with Gasteiger partial charge >= 0.3 is 0 Å². The highest BCUT2D eigenvalue weighted by Crippen LogP contribution is 2.27. The molecule has 0 radical (unpaired) electrons. The largest absolute Gasteiger partial charge is 0.376 e. The Morgan fingerprint density at radius 2 is 2.50 bits per heavy atom. The first kappa shape index (κ1) is 9.48. The van der Waals surface area contributed by atoms with E-state index in [0.29, 0.717) is 6.54 Å². The topological polar surface area (TPSA) is 42.7 Å². The van der Waals surface area contributed by atoms with Crippen LogP contribution >= 0.6 is 22.9 Å². The van der Waals surface area contributed by atoms with Crippen molar-refractivity contribution in [2.75, 3.05) is 5.32 Å². The molecule has 0 fully saturated rings. The Kier molecular flexibility index (Phi) is 2.69. The van der Waals surface area contributed by atoms with Crippen molar-refractivity contribution in [3.05, 3.63) is 27.9 Å². The van der Waals surface area contributed by atoms with Gasteiger partial charge in [-0.1, -0.05) is 11.6 Å². The SMILES string of the molecule is Cn1ncnc1CNc1ccsc1Cl. The van der Waals surface area contributed by atoms with Gasteiger partial charge < -0.3 is 5.32 Å². The number of nitrogens with zero attached hydrogens (tertiary/aromatic N) is 3. The zero-order valence-corrected chi connectivity index (χ0v) is 9.14. The van der Waals surface area contributed by atoms with E-state index in [9.17, 15) is 0 Å². The highest BCUT2D eigenvalue weighted by Gasteiger charge is 2.03. The molecule has 0 aromatic carbocycles. The monoisotopic (exact) mass is 228 g/mol. The van der Waals surface area contributed by atoms with E-state index in [1.807, 2.05) is 18.5 Å². The van der Waals surface area contributed by atoms with E-state index in [-0.39, 0.29) is 0 Å². The van der Waals surface area contributed by atoms with Crippen LogP contribution in [0.1, 0.15) is 5.82 Å². The van der Waals surface area contributed by atoms with Crippen LogP contribution in [0.25, 0.3) is 0 Å². The van der Waals surface area contributed by atoms with Gasteiger partial charge in [0.1, 0.15) is 16.5 Å². The molecule has 0 atom stereocenters. The van der Waals surface area contributed by atoms with Gasteiger partial charge in [-0.2, -0.15) is 5.10 Å². The summed E-state index contributed by atoms with van der Waals surface area (Å²) in [5.74, 6) is 0.882. The number of nitrogens with one attached hydrogen (secondary N) is 1. The van der Waals surface area contributed by atoms with E-state index in [1.54, 1.807) is 4.68 Å². The lowest BCUT2D eigenvalue weighted by Gasteiger charge is -2.03. The minimum Gasteiger partial charge on any atom is -0.376 e. The van der Waals surface area contributed by atoms with Crippen molar-refractivity contribution in [1.29, 1.82) is 0 Å². The van der Waals surface area contributed by atoms with Crippen LogP contribution in [0.3, 0.4) is 0 Å². The quantitative estimate of drug-likeness (QED) is 0.876. The molecule has 0 saturated carbocycles. The summed E-state index contributed by atoms with van der Waals surface area (Å²) in [5, 5.41) is 9.11. The molecule has 0 spiro atoms. The fraction of sp³-hybridized carbons (Fsp3) is 0.250. The summed E-state index contributed by atoms with van der Waals surface area (Å²) in [7, 11) is 1.86. The lowest BCUT2D eigenvalue weighted by molar-refractivity contribution is 0.712. The Bertz CT molecular complexity index is 382. The molecule has 74 valence electrons. The van der Waals surface area contributed by atoms with Gasteiger partial charge in [-0.05, 0) is 11.4 Å². The van der Waals surface area contributed by atoms with E-state index in [4.69, 9.17) is 11.6 Å². The predicted octanol–water partition coefficient (Wildman–Crippen LogP) is 2.14. The molecule has 2 aromatic heterocycles. The van der Waals surface area contributed by atoms with Crippen LogP contribution in [0.5, 0.6) is 0 Å². The van der Waals surface area contributed by atoms with Crippen LogP contribution in [0.15, 0.2) is 17.8 Å². The molecule has 0 aliphatic heterocycles. The summed E-state index contributed by atoms with van der Waals surface area (Å²) >= 11 is 7.44. The Morgan fingerprint density at radius 3 is 3.07 bits per heavy atom. The summed E-state index contributed by atoms with van der Waals surface area (Å²) in [5.41, 5.74) is 0.944. The van der Waals surface area contributed by atoms with E-state index in [1.165, 1.54) is 17.7 Å². The summed E-state index contributed by atoms with van der Waals surface area (Å²) < 4.78 is 2.50. The van der Waals surface area contributed by atoms with Crippen molar-refractivity contribution in [1.82, 2.24) is 14.8 Å². The molecule has 0 aliphatic rings. The van der Waals surface area contributed by atoms with E-state index >= 15 is 0 Å². The first-order valence-corrected chi connectivity index (χ1v) is 5.33. The fourth-order valence-corrected chi connectivity index (χ4v) is 1.95. The van der Waals surface area contributed by atoms with Crippen LogP contribution in [-0.2, 0) is 13.6 Å². The molecule has 0 aliphatic carbocycles. The lowest BCUT2D eigenvalue weighted by Crippen LogP contribution is -2.06. The molecule has 0 saturated heterocycles. The maximum Gasteiger partial charge on any atom is 0.145 e. The van der Waals surface area contributed by atoms with Crippen molar-refractivity contribution in [3.63, 3.8) is 0 Å². The van der Waals surface area contributed by atoms with Gasteiger partial charge in [0, 0.05) is 7.05 Å². The molecule has 2 heterocycles. The molecule has 0 bridgehead atoms. The maximum atomic E-state index is 5.93. The average Bonchev–Trinajstić information content (AvgIpc) is 2.72. The second kappa shape index (κ2) is 3.98. The molecule has 1 N–H and O–H groups in total. The van der Waals surface area contributed by atoms with Crippen molar-refractivity contribution in [2.45, 2.75) is 6.54 Å². The number of rotatable bonds is 3. The Labute approximate surface area is 90.5 Å². The molecule has 14 heavy (non-hydrogen) atoms. The van der Waals surface area contributed by atoms with Crippen LogP contribution in [0.4, 0.5) is 5.69 Å². The minimum atomic E-state index is 0.632. The first-order chi connectivity index (χ1) is 6.77. The van der Waals surface area contributed by atoms with Gasteiger partial charge in [0.05, 0.1) is 12.2 Å². The van der Waals surface area contributed by atoms with Crippen LogP contribution < -0.4 is 5.32 Å². The summed E-state index contributed by atoms with van der Waals surface area (Å²) in [4.78, 5) is 4.09. The molecule has 2 rings (SSSR count). The van der Waals surface area contributed by atoms with Crippen LogP contribution in [-0.4, -0.2) is 14.8 Å².